The van der Waals surface area contributed by atoms with Gasteiger partial charge in [0.05, 0.1) is 12.7 Å². The van der Waals surface area contributed by atoms with Crippen LogP contribution in [0.1, 0.15) is 35.4 Å². The lowest BCUT2D eigenvalue weighted by molar-refractivity contribution is -0.120. The monoisotopic (exact) mass is 419 g/mol. The van der Waals surface area contributed by atoms with Crippen LogP contribution >= 0.6 is 0 Å². The lowest BCUT2D eigenvalue weighted by Crippen LogP contribution is -2.60. The normalized spacial score (nSPS) is 25.1. The summed E-state index contributed by atoms with van der Waals surface area (Å²) in [5.41, 5.74) is 3.09. The van der Waals surface area contributed by atoms with Crippen LogP contribution in [0.15, 0.2) is 78.9 Å². The Morgan fingerprint density at radius 2 is 1.35 bits per heavy atom. The summed E-state index contributed by atoms with van der Waals surface area (Å²) in [7, 11) is 0. The molecule has 3 aliphatic rings. The van der Waals surface area contributed by atoms with Crippen molar-refractivity contribution in [2.45, 2.75) is 37.5 Å². The fourth-order valence-corrected chi connectivity index (χ4v) is 5.46. The van der Waals surface area contributed by atoms with Crippen LogP contribution in [0, 0.1) is 17.6 Å². The molecule has 0 spiro atoms. The Balaban J connectivity index is 1.49. The second-order valence-electron chi connectivity index (χ2n) is 8.72. The molecular weight excluding hydrogens is 392 g/mol. The predicted octanol–water partition coefficient (Wildman–Crippen LogP) is 5.78. The van der Waals surface area contributed by atoms with Gasteiger partial charge < -0.3 is 4.74 Å². The molecule has 4 heteroatoms. The first kappa shape index (κ1) is 20.3. The summed E-state index contributed by atoms with van der Waals surface area (Å²) in [5.74, 6) is -0.478. The lowest BCUT2D eigenvalue weighted by Gasteiger charge is -2.53. The molecular formula is C27H27F2NO. The maximum atomic E-state index is 13.7. The minimum Gasteiger partial charge on any atom is -0.372 e. The van der Waals surface area contributed by atoms with E-state index in [-0.39, 0.29) is 24.7 Å². The molecule has 2 nitrogen and oxygen atoms in total. The number of rotatable bonds is 6. The fourth-order valence-electron chi connectivity index (χ4n) is 5.46. The van der Waals surface area contributed by atoms with Crippen LogP contribution in [0.25, 0.3) is 0 Å². The number of piperidine rings is 3. The SMILES string of the molecule is Fc1cc(F)cc(CO[C@@H]2C3CCN(CC3)[C@@H]2C(c2ccccc2)c2ccccc2)c1. The molecule has 6 rings (SSSR count). The summed E-state index contributed by atoms with van der Waals surface area (Å²) in [6, 6.07) is 25.1. The molecule has 3 saturated heterocycles. The molecule has 0 saturated carbocycles. The highest BCUT2D eigenvalue weighted by molar-refractivity contribution is 5.35. The number of nitrogens with zero attached hydrogens (tertiary/aromatic N) is 1. The van der Waals surface area contributed by atoms with Crippen LogP contribution in [0.3, 0.4) is 0 Å². The summed E-state index contributed by atoms with van der Waals surface area (Å²) in [6.45, 7) is 2.36. The van der Waals surface area contributed by atoms with E-state index in [1.54, 1.807) is 0 Å². The molecule has 3 heterocycles. The number of fused-ring (bicyclic) bond motifs is 3. The zero-order valence-electron chi connectivity index (χ0n) is 17.5. The van der Waals surface area contributed by atoms with Gasteiger partial charge >= 0.3 is 0 Å². The van der Waals surface area contributed by atoms with Crippen molar-refractivity contribution in [3.63, 3.8) is 0 Å². The van der Waals surface area contributed by atoms with Crippen LogP contribution in [0.4, 0.5) is 8.78 Å². The maximum absolute atomic E-state index is 13.7. The molecule has 0 aliphatic carbocycles. The van der Waals surface area contributed by atoms with Crippen molar-refractivity contribution in [3.05, 3.63) is 107 Å². The average Bonchev–Trinajstić information content (AvgIpc) is 2.80. The third-order valence-corrected chi connectivity index (χ3v) is 6.82. The topological polar surface area (TPSA) is 12.5 Å². The Labute approximate surface area is 182 Å². The summed E-state index contributed by atoms with van der Waals surface area (Å²) < 4.78 is 33.8. The predicted molar refractivity (Wildman–Crippen MR) is 118 cm³/mol. The van der Waals surface area contributed by atoms with Crippen LogP contribution in [-0.2, 0) is 11.3 Å². The molecule has 3 fully saturated rings. The van der Waals surface area contributed by atoms with Crippen LogP contribution < -0.4 is 0 Å². The molecule has 2 bridgehead atoms. The van der Waals surface area contributed by atoms with E-state index >= 15 is 0 Å². The smallest absolute Gasteiger partial charge is 0.126 e. The molecule has 160 valence electrons. The average molecular weight is 420 g/mol. The highest BCUT2D eigenvalue weighted by Crippen LogP contribution is 2.43. The van der Waals surface area contributed by atoms with E-state index in [1.807, 2.05) is 12.1 Å². The Kier molecular flexibility index (Phi) is 5.84. The Morgan fingerprint density at radius 3 is 1.90 bits per heavy atom. The first-order valence-corrected chi connectivity index (χ1v) is 11.1. The van der Waals surface area contributed by atoms with Crippen LogP contribution in [-0.4, -0.2) is 30.1 Å². The van der Waals surface area contributed by atoms with Gasteiger partial charge in [-0.2, -0.15) is 0 Å². The number of hydrogen-bond donors (Lipinski definition) is 0. The molecule has 3 aliphatic heterocycles. The van der Waals surface area contributed by atoms with Crippen LogP contribution in [0.2, 0.25) is 0 Å². The van der Waals surface area contributed by atoms with E-state index in [0.29, 0.717) is 11.5 Å². The van der Waals surface area contributed by atoms with Gasteiger partial charge in [-0.3, -0.25) is 4.90 Å². The standard InChI is InChI=1S/C27H27F2NO/c28-23-15-19(16-24(29)17-23)18-31-27-22-11-13-30(14-12-22)26(27)25(20-7-3-1-4-8-20)21-9-5-2-6-10-21/h1-10,15-17,22,25-27H,11-14,18H2/t26-,27-/m1/s1. The second kappa shape index (κ2) is 8.89. The van der Waals surface area contributed by atoms with E-state index in [0.717, 1.165) is 32.0 Å². The van der Waals surface area contributed by atoms with Crippen molar-refractivity contribution >= 4 is 0 Å². The van der Waals surface area contributed by atoms with Gasteiger partial charge in [-0.05, 0) is 60.7 Å². The quantitative estimate of drug-likeness (QED) is 0.502. The number of hydrogen-bond acceptors (Lipinski definition) is 2. The van der Waals surface area contributed by atoms with E-state index in [9.17, 15) is 8.78 Å². The van der Waals surface area contributed by atoms with Crippen molar-refractivity contribution in [1.82, 2.24) is 4.90 Å². The first-order chi connectivity index (χ1) is 15.2. The summed E-state index contributed by atoms with van der Waals surface area (Å²) >= 11 is 0. The fraction of sp³-hybridized carbons (Fsp3) is 0.333. The van der Waals surface area contributed by atoms with Crippen molar-refractivity contribution in [3.8, 4) is 0 Å². The van der Waals surface area contributed by atoms with Gasteiger partial charge in [-0.1, -0.05) is 60.7 Å². The summed E-state index contributed by atoms with van der Waals surface area (Å²) in [4.78, 5) is 2.56. The van der Waals surface area contributed by atoms with E-state index in [4.69, 9.17) is 4.74 Å². The van der Waals surface area contributed by atoms with Gasteiger partial charge in [-0.15, -0.1) is 0 Å². The van der Waals surface area contributed by atoms with Crippen molar-refractivity contribution < 1.29 is 13.5 Å². The molecule has 3 aromatic rings. The van der Waals surface area contributed by atoms with Gasteiger partial charge in [0, 0.05) is 18.0 Å². The zero-order valence-corrected chi connectivity index (χ0v) is 17.5. The van der Waals surface area contributed by atoms with Gasteiger partial charge in [0.25, 0.3) is 0 Å². The minimum atomic E-state index is -0.560. The zero-order chi connectivity index (χ0) is 21.2. The highest BCUT2D eigenvalue weighted by atomic mass is 19.1. The van der Waals surface area contributed by atoms with E-state index in [2.05, 4.69) is 53.4 Å². The molecule has 2 atom stereocenters. The molecule has 0 aromatic heterocycles. The molecule has 3 aromatic carbocycles. The van der Waals surface area contributed by atoms with Gasteiger partial charge in [0.1, 0.15) is 11.6 Å². The number of benzene rings is 3. The maximum Gasteiger partial charge on any atom is 0.126 e. The molecule has 0 N–H and O–H groups in total. The Hall–Kier alpha value is -2.56. The summed E-state index contributed by atoms with van der Waals surface area (Å²) in [6.07, 6.45) is 2.23. The van der Waals surface area contributed by atoms with Gasteiger partial charge in [0.15, 0.2) is 0 Å². The molecule has 31 heavy (non-hydrogen) atoms. The molecule has 0 radical (unpaired) electrons. The molecule has 0 unspecified atom stereocenters. The largest absolute Gasteiger partial charge is 0.372 e. The van der Waals surface area contributed by atoms with Crippen molar-refractivity contribution in [2.24, 2.45) is 5.92 Å². The van der Waals surface area contributed by atoms with Gasteiger partial charge in [-0.25, -0.2) is 8.78 Å². The van der Waals surface area contributed by atoms with E-state index < -0.39 is 11.6 Å². The Bertz CT molecular complexity index is 943. The third kappa shape index (κ3) is 4.28. The first-order valence-electron chi connectivity index (χ1n) is 11.1. The lowest BCUT2D eigenvalue weighted by atomic mass is 9.72. The number of halogens is 2. The third-order valence-electron chi connectivity index (χ3n) is 6.82. The molecule has 0 amide bonds. The van der Waals surface area contributed by atoms with Crippen molar-refractivity contribution in [1.29, 1.82) is 0 Å². The highest BCUT2D eigenvalue weighted by Gasteiger charge is 2.47. The minimum absolute atomic E-state index is 0.0132. The summed E-state index contributed by atoms with van der Waals surface area (Å²) in [5, 5.41) is 0. The second-order valence-corrected chi connectivity index (χ2v) is 8.72. The van der Waals surface area contributed by atoms with Gasteiger partial charge in [0.2, 0.25) is 0 Å². The Morgan fingerprint density at radius 1 is 0.806 bits per heavy atom. The number of ether oxygens (including phenoxy) is 1. The van der Waals surface area contributed by atoms with Crippen molar-refractivity contribution in [2.75, 3.05) is 13.1 Å². The van der Waals surface area contributed by atoms with Crippen LogP contribution in [0.5, 0.6) is 0 Å². The van der Waals surface area contributed by atoms with E-state index in [1.165, 1.54) is 23.3 Å².